The highest BCUT2D eigenvalue weighted by molar-refractivity contribution is 6.33. The van der Waals surface area contributed by atoms with E-state index in [1.807, 2.05) is 10.8 Å². The van der Waals surface area contributed by atoms with Gasteiger partial charge in [0.2, 0.25) is 0 Å². The van der Waals surface area contributed by atoms with Gasteiger partial charge in [-0.1, -0.05) is 32.4 Å². The molecule has 1 atom stereocenters. The predicted molar refractivity (Wildman–Crippen MR) is 82.2 cm³/mol. The largest absolute Gasteiger partial charge is 0.347 e. The lowest BCUT2D eigenvalue weighted by Crippen LogP contribution is -2.46. The van der Waals surface area contributed by atoms with Gasteiger partial charge in [0.25, 0.3) is 5.91 Å². The molecular formula is C15H19ClN4O. The lowest BCUT2D eigenvalue weighted by Gasteiger charge is -2.31. The maximum absolute atomic E-state index is 12.4. The van der Waals surface area contributed by atoms with Crippen LogP contribution in [0.15, 0.2) is 37.2 Å². The Hall–Kier alpha value is -1.88. The van der Waals surface area contributed by atoms with E-state index in [9.17, 15) is 4.79 Å². The zero-order valence-electron chi connectivity index (χ0n) is 12.4. The van der Waals surface area contributed by atoms with E-state index in [4.69, 9.17) is 11.6 Å². The third kappa shape index (κ3) is 4.04. The highest BCUT2D eigenvalue weighted by atomic mass is 35.5. The summed E-state index contributed by atoms with van der Waals surface area (Å²) in [5.41, 5.74) is 0.285. The van der Waals surface area contributed by atoms with E-state index < -0.39 is 0 Å². The number of amides is 1. The van der Waals surface area contributed by atoms with E-state index >= 15 is 0 Å². The molecule has 112 valence electrons. The van der Waals surface area contributed by atoms with E-state index in [-0.39, 0.29) is 17.4 Å². The number of imidazole rings is 1. The average Bonchev–Trinajstić information content (AvgIpc) is 2.90. The molecule has 0 saturated heterocycles. The van der Waals surface area contributed by atoms with Gasteiger partial charge in [-0.25, -0.2) is 4.98 Å². The first-order valence-electron chi connectivity index (χ1n) is 6.74. The van der Waals surface area contributed by atoms with Crippen molar-refractivity contribution in [1.82, 2.24) is 19.9 Å². The molecule has 6 heteroatoms. The normalized spacial score (nSPS) is 13.0. The molecule has 21 heavy (non-hydrogen) atoms. The van der Waals surface area contributed by atoms with Crippen molar-refractivity contribution >= 4 is 17.5 Å². The summed E-state index contributed by atoms with van der Waals surface area (Å²) < 4.78 is 1.95. The lowest BCUT2D eigenvalue weighted by molar-refractivity contribution is 0.0892. The summed E-state index contributed by atoms with van der Waals surface area (Å²) in [6.07, 6.45) is 8.38. The van der Waals surface area contributed by atoms with E-state index in [1.165, 1.54) is 6.20 Å². The van der Waals surface area contributed by atoms with Crippen molar-refractivity contribution in [3.63, 3.8) is 0 Å². The summed E-state index contributed by atoms with van der Waals surface area (Å²) in [6.45, 7) is 6.90. The van der Waals surface area contributed by atoms with E-state index in [2.05, 4.69) is 36.1 Å². The summed E-state index contributed by atoms with van der Waals surface area (Å²) >= 11 is 6.04. The minimum Gasteiger partial charge on any atom is -0.347 e. The Labute approximate surface area is 129 Å². The van der Waals surface area contributed by atoms with Gasteiger partial charge < -0.3 is 9.88 Å². The molecule has 0 saturated carbocycles. The number of halogens is 1. The fourth-order valence-electron chi connectivity index (χ4n) is 1.92. The Balaban J connectivity index is 2.16. The molecule has 0 aliphatic heterocycles. The van der Waals surface area contributed by atoms with Crippen LogP contribution in [0.2, 0.25) is 5.02 Å². The highest BCUT2D eigenvalue weighted by Gasteiger charge is 2.27. The van der Waals surface area contributed by atoms with Gasteiger partial charge in [-0.15, -0.1) is 0 Å². The van der Waals surface area contributed by atoms with Gasteiger partial charge in [0.1, 0.15) is 0 Å². The smallest absolute Gasteiger partial charge is 0.254 e. The van der Waals surface area contributed by atoms with Gasteiger partial charge in [-0.05, 0) is 11.5 Å². The summed E-state index contributed by atoms with van der Waals surface area (Å²) in [5, 5.41) is 3.44. The maximum atomic E-state index is 12.4. The molecule has 0 aliphatic carbocycles. The maximum Gasteiger partial charge on any atom is 0.254 e. The molecule has 2 aromatic rings. The number of pyridine rings is 1. The first kappa shape index (κ1) is 15.5. The number of nitrogens with one attached hydrogen (secondary N) is 1. The standard InChI is InChI=1S/C15H19ClN4O/c1-15(2,3)13(9-20-7-6-18-10-20)19-14(21)11-8-17-5-4-12(11)16/h4-8,10,13H,9H2,1-3H3,(H,19,21). The van der Waals surface area contributed by atoms with Crippen molar-refractivity contribution in [2.75, 3.05) is 0 Å². The first-order valence-corrected chi connectivity index (χ1v) is 7.12. The van der Waals surface area contributed by atoms with Crippen LogP contribution in [-0.2, 0) is 6.54 Å². The molecule has 1 N–H and O–H groups in total. The van der Waals surface area contributed by atoms with Gasteiger partial charge >= 0.3 is 0 Å². The average molecular weight is 307 g/mol. The molecule has 1 unspecified atom stereocenters. The first-order chi connectivity index (χ1) is 9.88. The van der Waals surface area contributed by atoms with Crippen molar-refractivity contribution in [2.24, 2.45) is 5.41 Å². The van der Waals surface area contributed by atoms with Crippen LogP contribution in [0.25, 0.3) is 0 Å². The predicted octanol–water partition coefficient (Wildman–Crippen LogP) is 2.78. The summed E-state index contributed by atoms with van der Waals surface area (Å²) in [5.74, 6) is -0.215. The Morgan fingerprint density at radius 1 is 1.38 bits per heavy atom. The number of hydrogen-bond donors (Lipinski definition) is 1. The third-order valence-corrected chi connectivity index (χ3v) is 3.65. The fraction of sp³-hybridized carbons (Fsp3) is 0.400. The second-order valence-electron chi connectivity index (χ2n) is 6.01. The Morgan fingerprint density at radius 2 is 2.14 bits per heavy atom. The monoisotopic (exact) mass is 306 g/mol. The minimum atomic E-state index is -0.215. The second kappa shape index (κ2) is 6.26. The van der Waals surface area contributed by atoms with Crippen LogP contribution >= 0.6 is 11.6 Å². The molecule has 0 spiro atoms. The van der Waals surface area contributed by atoms with Crippen molar-refractivity contribution in [2.45, 2.75) is 33.4 Å². The van der Waals surface area contributed by atoms with E-state index in [0.717, 1.165) is 0 Å². The van der Waals surface area contributed by atoms with Gasteiger partial charge in [-0.3, -0.25) is 9.78 Å². The number of nitrogens with zero attached hydrogens (tertiary/aromatic N) is 3. The van der Waals surface area contributed by atoms with Crippen LogP contribution in [0.3, 0.4) is 0 Å². The topological polar surface area (TPSA) is 59.8 Å². The van der Waals surface area contributed by atoms with Crippen LogP contribution in [-0.4, -0.2) is 26.5 Å². The molecule has 5 nitrogen and oxygen atoms in total. The van der Waals surface area contributed by atoms with Gasteiger partial charge in [0.15, 0.2) is 0 Å². The molecule has 0 fully saturated rings. The van der Waals surface area contributed by atoms with Gasteiger partial charge in [-0.2, -0.15) is 0 Å². The van der Waals surface area contributed by atoms with Crippen LogP contribution in [0, 0.1) is 5.41 Å². The number of hydrogen-bond acceptors (Lipinski definition) is 3. The van der Waals surface area contributed by atoms with Gasteiger partial charge in [0.05, 0.1) is 23.0 Å². The molecule has 1 amide bonds. The zero-order chi connectivity index (χ0) is 15.5. The van der Waals surface area contributed by atoms with Crippen LogP contribution in [0.1, 0.15) is 31.1 Å². The Morgan fingerprint density at radius 3 is 2.71 bits per heavy atom. The highest BCUT2D eigenvalue weighted by Crippen LogP contribution is 2.22. The van der Waals surface area contributed by atoms with Crippen molar-refractivity contribution in [1.29, 1.82) is 0 Å². The van der Waals surface area contributed by atoms with Crippen molar-refractivity contribution < 1.29 is 4.79 Å². The summed E-state index contributed by atoms with van der Waals surface area (Å²) in [4.78, 5) is 20.4. The number of carbonyl (C=O) groups excluding carboxylic acids is 1. The van der Waals surface area contributed by atoms with Crippen LogP contribution < -0.4 is 5.32 Å². The molecule has 2 heterocycles. The van der Waals surface area contributed by atoms with Crippen molar-refractivity contribution in [3.8, 4) is 0 Å². The SMILES string of the molecule is CC(C)(C)C(Cn1ccnc1)NC(=O)c1cnccc1Cl. The molecule has 0 aliphatic rings. The molecule has 2 rings (SSSR count). The van der Waals surface area contributed by atoms with Crippen LogP contribution in [0.4, 0.5) is 0 Å². The number of rotatable bonds is 4. The molecule has 0 radical (unpaired) electrons. The Kier molecular flexibility index (Phi) is 4.63. The molecular weight excluding hydrogens is 288 g/mol. The fourth-order valence-corrected chi connectivity index (χ4v) is 2.11. The van der Waals surface area contributed by atoms with E-state index in [1.54, 1.807) is 24.8 Å². The lowest BCUT2D eigenvalue weighted by atomic mass is 9.86. The minimum absolute atomic E-state index is 0.0597. The third-order valence-electron chi connectivity index (χ3n) is 3.32. The molecule has 0 bridgehead atoms. The summed E-state index contributed by atoms with van der Waals surface area (Å²) in [6, 6.07) is 1.55. The number of aromatic nitrogens is 3. The van der Waals surface area contributed by atoms with Gasteiger partial charge in [0, 0.05) is 31.3 Å². The molecule has 2 aromatic heterocycles. The second-order valence-corrected chi connectivity index (χ2v) is 6.41. The zero-order valence-corrected chi connectivity index (χ0v) is 13.1. The van der Waals surface area contributed by atoms with Crippen LogP contribution in [0.5, 0.6) is 0 Å². The molecule has 0 aromatic carbocycles. The Bertz CT molecular complexity index is 604. The van der Waals surface area contributed by atoms with E-state index in [0.29, 0.717) is 17.1 Å². The quantitative estimate of drug-likeness (QED) is 0.945. The van der Waals surface area contributed by atoms with Crippen molar-refractivity contribution in [3.05, 3.63) is 47.8 Å². The number of carbonyl (C=O) groups is 1. The summed E-state index contributed by atoms with van der Waals surface area (Å²) in [7, 11) is 0.